The van der Waals surface area contributed by atoms with Crippen molar-refractivity contribution in [2.24, 2.45) is 0 Å². The predicted octanol–water partition coefficient (Wildman–Crippen LogP) is 9.75. The fraction of sp³-hybridized carbons (Fsp3) is 0.395. The van der Waals surface area contributed by atoms with E-state index >= 15 is 0 Å². The van der Waals surface area contributed by atoms with E-state index in [1.54, 1.807) is 21.9 Å². The van der Waals surface area contributed by atoms with Gasteiger partial charge in [-0.25, -0.2) is 24.4 Å². The number of carbonyl (C=O) groups excluding carboxylic acids is 3. The van der Waals surface area contributed by atoms with Crippen LogP contribution in [0.2, 0.25) is 0 Å². The molecule has 4 heterocycles. The van der Waals surface area contributed by atoms with Gasteiger partial charge in [0.05, 0.1) is 13.1 Å². The molecule has 0 aliphatic carbocycles. The van der Waals surface area contributed by atoms with Gasteiger partial charge in [-0.05, 0) is 114 Å². The van der Waals surface area contributed by atoms with E-state index in [0.717, 1.165) is 54.0 Å². The van der Waals surface area contributed by atoms with E-state index in [9.17, 15) is 19.2 Å². The van der Waals surface area contributed by atoms with E-state index in [0.29, 0.717) is 44.7 Å². The van der Waals surface area contributed by atoms with Crippen molar-refractivity contribution >= 4 is 67.3 Å². The number of carboxylic acids is 1. The number of ether oxygens (including phenoxy) is 2. The van der Waals surface area contributed by atoms with Crippen molar-refractivity contribution in [3.8, 4) is 0 Å². The number of hydrogen-bond acceptors (Lipinski definition) is 9. The van der Waals surface area contributed by atoms with Gasteiger partial charge in [-0.3, -0.25) is 4.79 Å². The Morgan fingerprint density at radius 1 is 0.707 bits per heavy atom. The van der Waals surface area contributed by atoms with Crippen molar-refractivity contribution in [2.75, 3.05) is 24.1 Å². The van der Waals surface area contributed by atoms with Crippen molar-refractivity contribution in [2.45, 2.75) is 99.9 Å². The monoisotopic (exact) mass is 924 g/mol. The molecule has 58 heavy (non-hydrogen) atoms. The summed E-state index contributed by atoms with van der Waals surface area (Å²) in [5.41, 5.74) is 12.0. The molecule has 0 unspecified atom stereocenters. The standard InChI is InChI=1S/C21H24BrN3O3.C14H18N2O4.C7H8BrN.CH4/c1-13-15(22)6-5-7-16(13)24-19(26)18-9-8-14-12-25(11-10-17(14)23-18)20(27)28-21(2,3)4;1-14(2,3)20-13(19)16-7-6-10-9(8-16)4-5-11(15-10)12(17)18;1-5-6(8)3-2-4-7(5)9;/h5-9H,10-12H2,1-4H3,(H,24,26);4-5H,6-8H2,1-3H3,(H,17,18);2-4H,9H2,1H3;1H4. The molecule has 0 fully saturated rings. The summed E-state index contributed by atoms with van der Waals surface area (Å²) in [6.07, 6.45) is 0.442. The molecule has 2 aromatic carbocycles. The van der Waals surface area contributed by atoms with E-state index in [1.807, 2.05) is 97.9 Å². The van der Waals surface area contributed by atoms with Crippen molar-refractivity contribution in [3.63, 3.8) is 0 Å². The molecule has 0 bridgehead atoms. The number of amides is 3. The van der Waals surface area contributed by atoms with Crippen LogP contribution in [0.3, 0.4) is 0 Å². The molecule has 0 saturated carbocycles. The molecule has 13 nitrogen and oxygen atoms in total. The van der Waals surface area contributed by atoms with Gasteiger partial charge in [0.2, 0.25) is 0 Å². The Kier molecular flexibility index (Phi) is 16.4. The molecule has 0 atom stereocenters. The van der Waals surface area contributed by atoms with Gasteiger partial charge in [-0.2, -0.15) is 0 Å². The number of rotatable bonds is 3. The molecule has 0 spiro atoms. The lowest BCUT2D eigenvalue weighted by Gasteiger charge is -2.30. The molecular formula is C43H54Br2N6O7. The number of aromatic carboxylic acids is 1. The number of nitrogens with zero attached hydrogens (tertiary/aromatic N) is 4. The maximum atomic E-state index is 12.6. The number of halogens is 2. The Morgan fingerprint density at radius 3 is 1.60 bits per heavy atom. The second kappa shape index (κ2) is 20.1. The largest absolute Gasteiger partial charge is 0.477 e. The minimum absolute atomic E-state index is 0. The maximum absolute atomic E-state index is 12.6. The quantitative estimate of drug-likeness (QED) is 0.168. The maximum Gasteiger partial charge on any atom is 0.410 e. The lowest BCUT2D eigenvalue weighted by molar-refractivity contribution is 0.0212. The topological polar surface area (TPSA) is 177 Å². The summed E-state index contributed by atoms with van der Waals surface area (Å²) in [7, 11) is 0. The highest BCUT2D eigenvalue weighted by atomic mass is 79.9. The highest BCUT2D eigenvalue weighted by Gasteiger charge is 2.28. The fourth-order valence-corrected chi connectivity index (χ4v) is 6.34. The smallest absolute Gasteiger partial charge is 0.410 e. The Hall–Kier alpha value is -5.02. The summed E-state index contributed by atoms with van der Waals surface area (Å²) >= 11 is 6.83. The van der Waals surface area contributed by atoms with Gasteiger partial charge in [-0.15, -0.1) is 0 Å². The van der Waals surface area contributed by atoms with Crippen molar-refractivity contribution < 1.29 is 33.8 Å². The number of benzene rings is 2. The third-order valence-corrected chi connectivity index (χ3v) is 10.4. The molecule has 0 radical (unpaired) electrons. The van der Waals surface area contributed by atoms with Gasteiger partial charge in [0.25, 0.3) is 5.91 Å². The number of pyridine rings is 2. The normalized spacial score (nSPS) is 13.1. The average Bonchev–Trinajstić information content (AvgIpc) is 3.14. The molecule has 4 aromatic rings. The van der Waals surface area contributed by atoms with Crippen molar-refractivity contribution in [1.82, 2.24) is 19.8 Å². The molecule has 2 aliphatic heterocycles. The lowest BCUT2D eigenvalue weighted by atomic mass is 10.1. The van der Waals surface area contributed by atoms with Crippen LogP contribution < -0.4 is 11.1 Å². The fourth-order valence-electron chi connectivity index (χ4n) is 5.60. The molecule has 312 valence electrons. The van der Waals surface area contributed by atoms with Gasteiger partial charge in [0.1, 0.15) is 22.6 Å². The third-order valence-electron chi connectivity index (χ3n) is 8.68. The highest BCUT2D eigenvalue weighted by molar-refractivity contribution is 9.10. The molecule has 4 N–H and O–H groups in total. The van der Waals surface area contributed by atoms with E-state index in [1.165, 1.54) is 6.07 Å². The molecule has 0 saturated heterocycles. The number of nitrogens with two attached hydrogens (primary N) is 1. The number of anilines is 2. The Balaban J connectivity index is 0.000000260. The first-order chi connectivity index (χ1) is 26.6. The molecule has 3 amide bonds. The number of carbonyl (C=O) groups is 4. The average molecular weight is 927 g/mol. The van der Waals surface area contributed by atoms with Crippen molar-refractivity contribution in [1.29, 1.82) is 0 Å². The van der Waals surface area contributed by atoms with Crippen LogP contribution in [-0.2, 0) is 35.4 Å². The molecular weight excluding hydrogens is 872 g/mol. The zero-order chi connectivity index (χ0) is 42.2. The molecule has 2 aromatic heterocycles. The summed E-state index contributed by atoms with van der Waals surface area (Å²) in [5, 5.41) is 11.8. The van der Waals surface area contributed by atoms with Crippen LogP contribution in [0.25, 0.3) is 0 Å². The number of aromatic nitrogens is 2. The highest BCUT2D eigenvalue weighted by Crippen LogP contribution is 2.26. The first-order valence-corrected chi connectivity index (χ1v) is 19.9. The second-order valence-electron chi connectivity index (χ2n) is 15.5. The third kappa shape index (κ3) is 13.5. The van der Waals surface area contributed by atoms with Crippen LogP contribution in [0.4, 0.5) is 21.0 Å². The molecule has 15 heteroatoms. The molecule has 6 rings (SSSR count). The SMILES string of the molecule is C.CC(C)(C)OC(=O)N1CCc2nc(C(=O)O)ccc2C1.Cc1c(Br)cccc1NC(=O)c1ccc2c(n1)CCN(C(=O)OC(C)(C)C)C2.Cc1c(N)cccc1Br. The summed E-state index contributed by atoms with van der Waals surface area (Å²) in [6.45, 7) is 16.8. The number of nitrogens with one attached hydrogen (secondary N) is 1. The van der Waals surface area contributed by atoms with Crippen LogP contribution >= 0.6 is 31.9 Å². The second-order valence-corrected chi connectivity index (χ2v) is 17.2. The first-order valence-electron chi connectivity index (χ1n) is 18.4. The zero-order valence-electron chi connectivity index (χ0n) is 33.5. The Morgan fingerprint density at radius 2 is 1.16 bits per heavy atom. The Labute approximate surface area is 358 Å². The molecule has 2 aliphatic rings. The summed E-state index contributed by atoms with van der Waals surface area (Å²) < 4.78 is 12.8. The van der Waals surface area contributed by atoms with Crippen molar-refractivity contribution in [3.05, 3.63) is 115 Å². The Bertz CT molecular complexity index is 2110. The van der Waals surface area contributed by atoms with Gasteiger partial charge < -0.3 is 35.4 Å². The van der Waals surface area contributed by atoms with Crippen LogP contribution in [0, 0.1) is 13.8 Å². The van der Waals surface area contributed by atoms with Crippen LogP contribution in [-0.4, -0.2) is 73.2 Å². The van der Waals surface area contributed by atoms with Crippen LogP contribution in [0.1, 0.15) is 104 Å². The summed E-state index contributed by atoms with van der Waals surface area (Å²) in [6, 6.07) is 18.2. The summed E-state index contributed by atoms with van der Waals surface area (Å²) in [4.78, 5) is 59.7. The summed E-state index contributed by atoms with van der Waals surface area (Å²) in [5.74, 6) is -1.29. The minimum Gasteiger partial charge on any atom is -0.477 e. The van der Waals surface area contributed by atoms with E-state index in [2.05, 4.69) is 47.1 Å². The van der Waals surface area contributed by atoms with E-state index in [4.69, 9.17) is 20.3 Å². The van der Waals surface area contributed by atoms with Gasteiger partial charge in [-0.1, -0.05) is 63.6 Å². The number of carboxylic acid groups (broad SMARTS) is 1. The van der Waals surface area contributed by atoms with Crippen LogP contribution in [0.15, 0.2) is 69.6 Å². The number of nitrogen functional groups attached to an aromatic ring is 1. The van der Waals surface area contributed by atoms with Gasteiger partial charge in [0.15, 0.2) is 0 Å². The number of hydrogen-bond donors (Lipinski definition) is 3. The van der Waals surface area contributed by atoms with E-state index < -0.39 is 17.2 Å². The van der Waals surface area contributed by atoms with Gasteiger partial charge >= 0.3 is 18.2 Å². The predicted molar refractivity (Wildman–Crippen MR) is 233 cm³/mol. The number of fused-ring (bicyclic) bond motifs is 2. The minimum atomic E-state index is -1.04. The van der Waals surface area contributed by atoms with E-state index in [-0.39, 0.29) is 31.2 Å². The first kappa shape index (κ1) is 47.4. The zero-order valence-corrected chi connectivity index (χ0v) is 36.7. The van der Waals surface area contributed by atoms with Crippen LogP contribution in [0.5, 0.6) is 0 Å². The lowest BCUT2D eigenvalue weighted by Crippen LogP contribution is -2.40. The van der Waals surface area contributed by atoms with Gasteiger partial charge in [0, 0.05) is 57.6 Å².